The lowest BCUT2D eigenvalue weighted by atomic mass is 10.2. The Balaban J connectivity index is 1.25. The summed E-state index contributed by atoms with van der Waals surface area (Å²) in [6.07, 6.45) is 0.116. The monoisotopic (exact) mass is 431 g/mol. The summed E-state index contributed by atoms with van der Waals surface area (Å²) in [5, 5.41) is 6.26. The third kappa shape index (κ3) is 3.81. The topological polar surface area (TPSA) is 71.1 Å². The summed E-state index contributed by atoms with van der Waals surface area (Å²) in [7, 11) is 0. The number of carbonyl (C=O) groups excluding carboxylic acids is 2. The molecule has 0 saturated carbocycles. The van der Waals surface area contributed by atoms with Gasteiger partial charge in [0.1, 0.15) is 5.01 Å². The van der Waals surface area contributed by atoms with E-state index in [1.54, 1.807) is 11.3 Å². The first-order valence-corrected chi connectivity index (χ1v) is 11.2. The van der Waals surface area contributed by atoms with E-state index >= 15 is 0 Å². The van der Waals surface area contributed by atoms with Gasteiger partial charge in [-0.2, -0.15) is 0 Å². The van der Waals surface area contributed by atoms with Crippen molar-refractivity contribution in [3.63, 3.8) is 0 Å². The standard InChI is InChI=1S/C23H17N3O2S2/c27-21(13-20-22(28)25-16-5-1-3-7-18(16)29-20)24-15-11-9-14(10-12-15)23-26-17-6-2-4-8-19(17)30-23/h1-12,20H,13H2,(H,24,27)(H,25,28)/t20-/m0/s1. The van der Waals surface area contributed by atoms with Gasteiger partial charge in [-0.05, 0) is 48.5 Å². The van der Waals surface area contributed by atoms with Crippen LogP contribution >= 0.6 is 23.1 Å². The number of anilines is 2. The number of aromatic nitrogens is 1. The minimum atomic E-state index is -0.443. The smallest absolute Gasteiger partial charge is 0.238 e. The summed E-state index contributed by atoms with van der Waals surface area (Å²) >= 11 is 3.07. The van der Waals surface area contributed by atoms with Crippen LogP contribution in [0.2, 0.25) is 0 Å². The molecule has 30 heavy (non-hydrogen) atoms. The van der Waals surface area contributed by atoms with Crippen LogP contribution in [0, 0.1) is 0 Å². The maximum atomic E-state index is 12.5. The van der Waals surface area contributed by atoms with Crippen molar-refractivity contribution in [3.05, 3.63) is 72.8 Å². The van der Waals surface area contributed by atoms with E-state index in [1.165, 1.54) is 11.8 Å². The van der Waals surface area contributed by atoms with Crippen LogP contribution in [0.4, 0.5) is 11.4 Å². The Morgan fingerprint density at radius 3 is 2.60 bits per heavy atom. The number of hydrogen-bond donors (Lipinski definition) is 2. The molecular weight excluding hydrogens is 414 g/mol. The second-order valence-corrected chi connectivity index (χ2v) is 9.18. The van der Waals surface area contributed by atoms with Crippen molar-refractivity contribution in [1.29, 1.82) is 0 Å². The molecule has 1 atom stereocenters. The minimum absolute atomic E-state index is 0.116. The van der Waals surface area contributed by atoms with E-state index in [0.717, 1.165) is 31.4 Å². The maximum Gasteiger partial charge on any atom is 0.238 e. The van der Waals surface area contributed by atoms with Gasteiger partial charge in [0, 0.05) is 22.6 Å². The van der Waals surface area contributed by atoms with E-state index in [0.29, 0.717) is 5.69 Å². The molecule has 0 unspecified atom stereocenters. The third-order valence-corrected chi connectivity index (χ3v) is 7.15. The number of thioether (sulfide) groups is 1. The zero-order valence-electron chi connectivity index (χ0n) is 15.8. The van der Waals surface area contributed by atoms with Crippen LogP contribution in [-0.4, -0.2) is 22.0 Å². The molecule has 148 valence electrons. The van der Waals surface area contributed by atoms with Crippen molar-refractivity contribution in [2.75, 3.05) is 10.6 Å². The first-order chi connectivity index (χ1) is 14.7. The lowest BCUT2D eigenvalue weighted by Crippen LogP contribution is -2.32. The molecule has 4 aromatic rings. The van der Waals surface area contributed by atoms with Crippen LogP contribution in [0.25, 0.3) is 20.8 Å². The van der Waals surface area contributed by atoms with Gasteiger partial charge in [0.05, 0.1) is 21.2 Å². The normalized spacial score (nSPS) is 15.5. The predicted molar refractivity (Wildman–Crippen MR) is 123 cm³/mol. The number of thiazole rings is 1. The molecule has 7 heteroatoms. The molecule has 0 bridgehead atoms. The molecule has 1 aromatic heterocycles. The van der Waals surface area contributed by atoms with Gasteiger partial charge < -0.3 is 10.6 Å². The molecule has 1 aliphatic rings. The quantitative estimate of drug-likeness (QED) is 0.454. The summed E-state index contributed by atoms with van der Waals surface area (Å²) in [6, 6.07) is 23.3. The summed E-state index contributed by atoms with van der Waals surface area (Å²) < 4.78 is 1.15. The molecule has 3 aromatic carbocycles. The summed E-state index contributed by atoms with van der Waals surface area (Å²) in [4.78, 5) is 30.4. The fourth-order valence-electron chi connectivity index (χ4n) is 3.30. The van der Waals surface area contributed by atoms with Crippen molar-refractivity contribution in [2.24, 2.45) is 0 Å². The van der Waals surface area contributed by atoms with Crippen molar-refractivity contribution < 1.29 is 9.59 Å². The van der Waals surface area contributed by atoms with Crippen LogP contribution in [0.15, 0.2) is 77.7 Å². The number of benzene rings is 3. The van der Waals surface area contributed by atoms with Gasteiger partial charge in [-0.25, -0.2) is 4.98 Å². The van der Waals surface area contributed by atoms with Crippen molar-refractivity contribution in [2.45, 2.75) is 16.6 Å². The van der Waals surface area contributed by atoms with Crippen LogP contribution in [0.1, 0.15) is 6.42 Å². The Kier molecular flexibility index (Phi) is 4.98. The second-order valence-electron chi connectivity index (χ2n) is 6.91. The Morgan fingerprint density at radius 2 is 1.77 bits per heavy atom. The van der Waals surface area contributed by atoms with Crippen molar-refractivity contribution >= 4 is 56.5 Å². The molecule has 1 aliphatic heterocycles. The van der Waals surface area contributed by atoms with E-state index in [-0.39, 0.29) is 18.2 Å². The first-order valence-electron chi connectivity index (χ1n) is 9.48. The lowest BCUT2D eigenvalue weighted by molar-refractivity contribution is -0.120. The van der Waals surface area contributed by atoms with Gasteiger partial charge >= 0.3 is 0 Å². The van der Waals surface area contributed by atoms with Gasteiger partial charge in [-0.3, -0.25) is 9.59 Å². The van der Waals surface area contributed by atoms with Crippen LogP contribution < -0.4 is 10.6 Å². The fraction of sp³-hybridized carbons (Fsp3) is 0.0870. The zero-order chi connectivity index (χ0) is 20.5. The predicted octanol–water partition coefficient (Wildman–Crippen LogP) is 5.40. The Morgan fingerprint density at radius 1 is 1.00 bits per heavy atom. The molecule has 2 heterocycles. The molecule has 0 saturated heterocycles. The van der Waals surface area contributed by atoms with E-state index in [4.69, 9.17) is 0 Å². The number of nitrogens with zero attached hydrogens (tertiary/aromatic N) is 1. The molecule has 0 radical (unpaired) electrons. The highest BCUT2D eigenvalue weighted by Crippen LogP contribution is 2.36. The van der Waals surface area contributed by atoms with Crippen molar-refractivity contribution in [3.8, 4) is 10.6 Å². The second kappa shape index (κ2) is 7.93. The van der Waals surface area contributed by atoms with Gasteiger partial charge in [-0.15, -0.1) is 23.1 Å². The van der Waals surface area contributed by atoms with Gasteiger partial charge in [0.25, 0.3) is 0 Å². The molecule has 5 nitrogen and oxygen atoms in total. The number of hydrogen-bond acceptors (Lipinski definition) is 5. The summed E-state index contributed by atoms with van der Waals surface area (Å²) in [5.74, 6) is -0.324. The molecule has 0 aliphatic carbocycles. The van der Waals surface area contributed by atoms with E-state index in [1.807, 2.05) is 66.7 Å². The zero-order valence-corrected chi connectivity index (χ0v) is 17.4. The van der Waals surface area contributed by atoms with E-state index < -0.39 is 5.25 Å². The molecule has 0 fully saturated rings. The fourth-order valence-corrected chi connectivity index (χ4v) is 5.38. The highest BCUT2D eigenvalue weighted by Gasteiger charge is 2.28. The van der Waals surface area contributed by atoms with Crippen molar-refractivity contribution in [1.82, 2.24) is 4.98 Å². The minimum Gasteiger partial charge on any atom is -0.326 e. The third-order valence-electron chi connectivity index (χ3n) is 4.79. The SMILES string of the molecule is O=C(C[C@@H]1Sc2ccccc2NC1=O)Nc1ccc(-c2nc3ccccc3s2)cc1. The Bertz CT molecular complexity index is 1220. The number of carbonyl (C=O) groups is 2. The number of para-hydroxylation sites is 2. The molecule has 2 amide bonds. The number of rotatable bonds is 4. The first kappa shape index (κ1) is 18.8. The number of nitrogens with one attached hydrogen (secondary N) is 2. The highest BCUT2D eigenvalue weighted by atomic mass is 32.2. The number of fused-ring (bicyclic) bond motifs is 2. The average Bonchev–Trinajstić information content (AvgIpc) is 3.19. The van der Waals surface area contributed by atoms with Crippen LogP contribution in [0.3, 0.4) is 0 Å². The maximum absolute atomic E-state index is 12.5. The van der Waals surface area contributed by atoms with Gasteiger partial charge in [-0.1, -0.05) is 24.3 Å². The van der Waals surface area contributed by atoms with E-state index in [2.05, 4.69) is 21.7 Å². The van der Waals surface area contributed by atoms with Gasteiger partial charge in [0.15, 0.2) is 0 Å². The number of amides is 2. The highest BCUT2D eigenvalue weighted by molar-refractivity contribution is 8.01. The van der Waals surface area contributed by atoms with Gasteiger partial charge in [0.2, 0.25) is 11.8 Å². The summed E-state index contributed by atoms with van der Waals surface area (Å²) in [6.45, 7) is 0. The molecule has 2 N–H and O–H groups in total. The Labute approximate surface area is 181 Å². The van der Waals surface area contributed by atoms with Crippen LogP contribution in [0.5, 0.6) is 0 Å². The molecule has 0 spiro atoms. The Hall–Kier alpha value is -3.16. The van der Waals surface area contributed by atoms with Crippen LogP contribution in [-0.2, 0) is 9.59 Å². The largest absolute Gasteiger partial charge is 0.326 e. The lowest BCUT2D eigenvalue weighted by Gasteiger charge is -2.23. The molecular formula is C23H17N3O2S2. The average molecular weight is 432 g/mol. The summed E-state index contributed by atoms with van der Waals surface area (Å²) in [5.41, 5.74) is 3.49. The van der Waals surface area contributed by atoms with E-state index in [9.17, 15) is 9.59 Å². The molecule has 5 rings (SSSR count).